The summed E-state index contributed by atoms with van der Waals surface area (Å²) in [6.07, 6.45) is 3.04. The number of aromatic nitrogens is 4. The van der Waals surface area contributed by atoms with E-state index in [9.17, 15) is 9.59 Å². The second kappa shape index (κ2) is 8.59. The minimum absolute atomic E-state index is 0.176. The van der Waals surface area contributed by atoms with Gasteiger partial charge in [-0.1, -0.05) is 18.2 Å². The van der Waals surface area contributed by atoms with Crippen molar-refractivity contribution in [1.82, 2.24) is 19.6 Å². The highest BCUT2D eigenvalue weighted by atomic mass is 16.5. The average Bonchev–Trinajstić information content (AvgIpc) is 3.25. The van der Waals surface area contributed by atoms with Gasteiger partial charge in [-0.15, -0.1) is 0 Å². The molecule has 0 aliphatic carbocycles. The number of hydrogen-bond acceptors (Lipinski definition) is 5. The number of anilines is 2. The van der Waals surface area contributed by atoms with Crippen LogP contribution in [0.4, 0.5) is 11.4 Å². The number of nitrogens with one attached hydrogen (secondary N) is 2. The van der Waals surface area contributed by atoms with Crippen LogP contribution in [0, 0.1) is 13.8 Å². The van der Waals surface area contributed by atoms with Crippen LogP contribution in [0.1, 0.15) is 28.7 Å². The Hall–Kier alpha value is -3.62. The van der Waals surface area contributed by atoms with Crippen molar-refractivity contribution in [3.05, 3.63) is 53.6 Å². The highest BCUT2D eigenvalue weighted by molar-refractivity contribution is 6.09. The standard InChI is InChI=1S/C20H24N6O3/c1-5-26-19(20(28)24-15-10-21-25(4)14(15)3)16(11-22-26)23-18(27)12-29-17-9-7-6-8-13(17)2/h6-11H,5,12H2,1-4H3,(H,23,27)(H,24,28). The summed E-state index contributed by atoms with van der Waals surface area (Å²) < 4.78 is 8.76. The van der Waals surface area contributed by atoms with Crippen LogP contribution in [0.15, 0.2) is 36.7 Å². The Morgan fingerprint density at radius 1 is 1.07 bits per heavy atom. The molecular formula is C20H24N6O3. The first-order valence-corrected chi connectivity index (χ1v) is 9.24. The molecule has 152 valence electrons. The fraction of sp³-hybridized carbons (Fsp3) is 0.300. The Labute approximate surface area is 168 Å². The highest BCUT2D eigenvalue weighted by Gasteiger charge is 2.21. The van der Waals surface area contributed by atoms with E-state index in [0.717, 1.165) is 11.3 Å². The maximum absolute atomic E-state index is 12.9. The van der Waals surface area contributed by atoms with Crippen LogP contribution in [0.5, 0.6) is 5.75 Å². The maximum Gasteiger partial charge on any atom is 0.276 e. The molecule has 0 saturated heterocycles. The maximum atomic E-state index is 12.9. The fourth-order valence-corrected chi connectivity index (χ4v) is 2.81. The van der Waals surface area contributed by atoms with Crippen LogP contribution in [0.25, 0.3) is 0 Å². The van der Waals surface area contributed by atoms with E-state index in [-0.39, 0.29) is 24.1 Å². The largest absolute Gasteiger partial charge is 0.483 e. The Kier molecular flexibility index (Phi) is 5.96. The zero-order valence-electron chi connectivity index (χ0n) is 16.9. The number of amides is 2. The summed E-state index contributed by atoms with van der Waals surface area (Å²) >= 11 is 0. The van der Waals surface area contributed by atoms with Gasteiger partial charge in [0.15, 0.2) is 6.61 Å². The lowest BCUT2D eigenvalue weighted by molar-refractivity contribution is -0.118. The predicted molar refractivity (Wildman–Crippen MR) is 109 cm³/mol. The number of nitrogens with zero attached hydrogens (tertiary/aromatic N) is 4. The van der Waals surface area contributed by atoms with Crippen LogP contribution in [-0.4, -0.2) is 38.0 Å². The normalized spacial score (nSPS) is 10.6. The molecule has 9 heteroatoms. The minimum atomic E-state index is -0.379. The van der Waals surface area contributed by atoms with Gasteiger partial charge in [-0.25, -0.2) is 0 Å². The predicted octanol–water partition coefficient (Wildman–Crippen LogP) is 2.52. The summed E-state index contributed by atoms with van der Waals surface area (Å²) in [7, 11) is 1.79. The Bertz CT molecular complexity index is 1040. The second-order valence-corrected chi connectivity index (χ2v) is 6.55. The summed E-state index contributed by atoms with van der Waals surface area (Å²) in [6, 6.07) is 7.44. The lowest BCUT2D eigenvalue weighted by Crippen LogP contribution is -2.24. The number of aryl methyl sites for hydroxylation is 3. The van der Waals surface area contributed by atoms with Crippen molar-refractivity contribution in [3.8, 4) is 5.75 Å². The number of carbonyl (C=O) groups excluding carboxylic acids is 2. The van der Waals surface area contributed by atoms with Gasteiger partial charge in [0.1, 0.15) is 11.4 Å². The number of benzene rings is 1. The van der Waals surface area contributed by atoms with Crippen molar-refractivity contribution in [2.75, 3.05) is 17.2 Å². The van der Waals surface area contributed by atoms with E-state index in [2.05, 4.69) is 20.8 Å². The van der Waals surface area contributed by atoms with Crippen molar-refractivity contribution in [1.29, 1.82) is 0 Å². The molecule has 0 unspecified atom stereocenters. The zero-order valence-corrected chi connectivity index (χ0v) is 16.9. The SMILES string of the molecule is CCn1ncc(NC(=O)COc2ccccc2C)c1C(=O)Nc1cnn(C)c1C. The first kappa shape index (κ1) is 20.1. The van der Waals surface area contributed by atoms with Gasteiger partial charge in [-0.05, 0) is 32.4 Å². The monoisotopic (exact) mass is 396 g/mol. The van der Waals surface area contributed by atoms with Crippen LogP contribution in [-0.2, 0) is 18.4 Å². The van der Waals surface area contributed by atoms with Crippen molar-refractivity contribution in [2.45, 2.75) is 27.3 Å². The van der Waals surface area contributed by atoms with Crippen molar-refractivity contribution < 1.29 is 14.3 Å². The zero-order chi connectivity index (χ0) is 21.0. The molecule has 3 rings (SSSR count). The molecule has 0 spiro atoms. The van der Waals surface area contributed by atoms with Crippen molar-refractivity contribution in [3.63, 3.8) is 0 Å². The minimum Gasteiger partial charge on any atom is -0.483 e. The molecule has 0 saturated carbocycles. The molecule has 0 radical (unpaired) electrons. The molecule has 1 aromatic carbocycles. The summed E-state index contributed by atoms with van der Waals surface area (Å²) in [5.74, 6) is -0.122. The van der Waals surface area contributed by atoms with Crippen molar-refractivity contribution in [2.24, 2.45) is 7.05 Å². The topological polar surface area (TPSA) is 103 Å². The molecule has 2 heterocycles. The van der Waals surface area contributed by atoms with Gasteiger partial charge >= 0.3 is 0 Å². The third kappa shape index (κ3) is 4.45. The van der Waals surface area contributed by atoms with Crippen LogP contribution < -0.4 is 15.4 Å². The lowest BCUT2D eigenvalue weighted by atomic mass is 10.2. The van der Waals surface area contributed by atoms with E-state index in [1.807, 2.05) is 39.0 Å². The molecule has 0 aliphatic heterocycles. The van der Waals surface area contributed by atoms with E-state index < -0.39 is 0 Å². The molecule has 2 amide bonds. The molecular weight excluding hydrogens is 372 g/mol. The van der Waals surface area contributed by atoms with Crippen LogP contribution >= 0.6 is 0 Å². The first-order valence-electron chi connectivity index (χ1n) is 9.24. The van der Waals surface area contributed by atoms with Gasteiger partial charge in [0, 0.05) is 13.6 Å². The smallest absolute Gasteiger partial charge is 0.276 e. The summed E-state index contributed by atoms with van der Waals surface area (Å²) in [5.41, 5.74) is 2.94. The van der Waals surface area contributed by atoms with Gasteiger partial charge < -0.3 is 15.4 Å². The molecule has 2 N–H and O–H groups in total. The molecule has 0 aliphatic rings. The van der Waals surface area contributed by atoms with Crippen LogP contribution in [0.2, 0.25) is 0 Å². The highest BCUT2D eigenvalue weighted by Crippen LogP contribution is 2.20. The second-order valence-electron chi connectivity index (χ2n) is 6.55. The summed E-state index contributed by atoms with van der Waals surface area (Å²) in [6.45, 7) is 5.92. The number of ether oxygens (including phenoxy) is 1. The number of para-hydroxylation sites is 1. The van der Waals surface area contributed by atoms with Gasteiger partial charge in [-0.3, -0.25) is 19.0 Å². The Morgan fingerprint density at radius 3 is 2.45 bits per heavy atom. The van der Waals surface area contributed by atoms with Crippen molar-refractivity contribution >= 4 is 23.2 Å². The van der Waals surface area contributed by atoms with E-state index >= 15 is 0 Å². The molecule has 2 aromatic heterocycles. The quantitative estimate of drug-likeness (QED) is 0.639. The lowest BCUT2D eigenvalue weighted by Gasteiger charge is -2.11. The van der Waals surface area contributed by atoms with E-state index in [4.69, 9.17) is 4.74 Å². The van der Waals surface area contributed by atoms with Gasteiger partial charge in [-0.2, -0.15) is 10.2 Å². The molecule has 0 bridgehead atoms. The Balaban J connectivity index is 1.72. The first-order chi connectivity index (χ1) is 13.9. The van der Waals surface area contributed by atoms with Crippen LogP contribution in [0.3, 0.4) is 0 Å². The third-order valence-electron chi connectivity index (χ3n) is 4.56. The van der Waals surface area contributed by atoms with Gasteiger partial charge in [0.2, 0.25) is 0 Å². The van der Waals surface area contributed by atoms with Gasteiger partial charge in [0.25, 0.3) is 11.8 Å². The Morgan fingerprint density at radius 2 is 1.79 bits per heavy atom. The number of carbonyl (C=O) groups is 2. The molecule has 0 atom stereocenters. The van der Waals surface area contributed by atoms with E-state index in [1.165, 1.54) is 10.9 Å². The molecule has 9 nitrogen and oxygen atoms in total. The third-order valence-corrected chi connectivity index (χ3v) is 4.56. The fourth-order valence-electron chi connectivity index (χ4n) is 2.81. The van der Waals surface area contributed by atoms with E-state index in [1.54, 1.807) is 24.0 Å². The molecule has 29 heavy (non-hydrogen) atoms. The summed E-state index contributed by atoms with van der Waals surface area (Å²) in [4.78, 5) is 25.2. The van der Waals surface area contributed by atoms with Gasteiger partial charge in [0.05, 0.1) is 29.5 Å². The number of hydrogen-bond donors (Lipinski definition) is 2. The number of rotatable bonds is 7. The summed E-state index contributed by atoms with van der Waals surface area (Å²) in [5, 5.41) is 13.8. The molecule has 0 fully saturated rings. The van der Waals surface area contributed by atoms with E-state index in [0.29, 0.717) is 23.7 Å². The molecule has 3 aromatic rings. The average molecular weight is 396 g/mol.